The van der Waals surface area contributed by atoms with E-state index in [0.29, 0.717) is 17.2 Å². The van der Waals surface area contributed by atoms with Crippen molar-refractivity contribution in [3.05, 3.63) is 24.0 Å². The van der Waals surface area contributed by atoms with E-state index >= 15 is 0 Å². The quantitative estimate of drug-likeness (QED) is 0.746. The van der Waals surface area contributed by atoms with Crippen LogP contribution in [0.1, 0.15) is 10.6 Å². The van der Waals surface area contributed by atoms with Crippen molar-refractivity contribution in [2.24, 2.45) is 0 Å². The Balaban J connectivity index is 2.21. The van der Waals surface area contributed by atoms with Gasteiger partial charge < -0.3 is 20.5 Å². The molecule has 19 heavy (non-hydrogen) atoms. The molecular weight excluding hydrogens is 250 g/mol. The molecule has 0 aliphatic rings. The summed E-state index contributed by atoms with van der Waals surface area (Å²) >= 11 is 0. The fourth-order valence-corrected chi connectivity index (χ4v) is 1.46. The Morgan fingerprint density at radius 3 is 2.74 bits per heavy atom. The van der Waals surface area contributed by atoms with Gasteiger partial charge in [0, 0.05) is 6.07 Å². The van der Waals surface area contributed by atoms with Crippen LogP contribution in [0.5, 0.6) is 11.5 Å². The summed E-state index contributed by atoms with van der Waals surface area (Å²) < 4.78 is 10.2. The average molecular weight is 263 g/mol. The molecule has 0 unspecified atom stereocenters. The second kappa shape index (κ2) is 5.25. The van der Waals surface area contributed by atoms with Crippen LogP contribution in [0.25, 0.3) is 0 Å². The number of aromatic amines is 1. The summed E-state index contributed by atoms with van der Waals surface area (Å²) in [5.41, 5.74) is 5.82. The van der Waals surface area contributed by atoms with Gasteiger partial charge in [0.2, 0.25) is 11.8 Å². The van der Waals surface area contributed by atoms with Crippen LogP contribution in [0.4, 0.5) is 11.6 Å². The Morgan fingerprint density at radius 2 is 2.16 bits per heavy atom. The minimum Gasteiger partial charge on any atom is -0.497 e. The molecule has 2 rings (SSSR count). The lowest BCUT2D eigenvalue weighted by Crippen LogP contribution is -2.14. The highest BCUT2D eigenvalue weighted by Gasteiger charge is 2.13. The van der Waals surface area contributed by atoms with Crippen LogP contribution in [-0.4, -0.2) is 35.3 Å². The summed E-state index contributed by atoms with van der Waals surface area (Å²) in [7, 11) is 3.04. The van der Waals surface area contributed by atoms with Gasteiger partial charge in [-0.3, -0.25) is 9.89 Å². The lowest BCUT2D eigenvalue weighted by atomic mass is 10.2. The number of aromatic nitrogens is 3. The van der Waals surface area contributed by atoms with Gasteiger partial charge in [-0.2, -0.15) is 4.98 Å². The first-order valence-electron chi connectivity index (χ1n) is 5.35. The summed E-state index contributed by atoms with van der Waals surface area (Å²) in [6, 6.07) is 5.02. The van der Waals surface area contributed by atoms with E-state index in [1.165, 1.54) is 7.11 Å². The monoisotopic (exact) mass is 263 g/mol. The first-order valence-corrected chi connectivity index (χ1v) is 5.35. The Bertz CT molecular complexity index is 596. The smallest absolute Gasteiger partial charge is 0.293 e. The maximum Gasteiger partial charge on any atom is 0.293 e. The van der Waals surface area contributed by atoms with Crippen molar-refractivity contribution in [3.8, 4) is 11.5 Å². The number of rotatable bonds is 4. The second-order valence-electron chi connectivity index (χ2n) is 3.56. The van der Waals surface area contributed by atoms with Crippen LogP contribution in [0.3, 0.4) is 0 Å². The van der Waals surface area contributed by atoms with E-state index in [-0.39, 0.29) is 11.8 Å². The number of nitrogens with one attached hydrogen (secondary N) is 2. The van der Waals surface area contributed by atoms with Gasteiger partial charge in [-0.15, -0.1) is 5.10 Å². The van der Waals surface area contributed by atoms with Gasteiger partial charge in [-0.05, 0) is 12.1 Å². The van der Waals surface area contributed by atoms with Gasteiger partial charge in [0.15, 0.2) is 0 Å². The maximum atomic E-state index is 11.9. The molecule has 1 aromatic carbocycles. The van der Waals surface area contributed by atoms with Gasteiger partial charge in [-0.1, -0.05) is 0 Å². The molecule has 0 saturated carbocycles. The molecule has 100 valence electrons. The summed E-state index contributed by atoms with van der Waals surface area (Å²) in [4.78, 5) is 15.6. The summed E-state index contributed by atoms with van der Waals surface area (Å²) in [6.07, 6.45) is 0. The number of carbonyl (C=O) groups is 1. The molecule has 8 nitrogen and oxygen atoms in total. The van der Waals surface area contributed by atoms with Crippen molar-refractivity contribution in [2.75, 3.05) is 25.3 Å². The molecule has 0 spiro atoms. The summed E-state index contributed by atoms with van der Waals surface area (Å²) in [5, 5.41) is 8.63. The van der Waals surface area contributed by atoms with E-state index in [0.717, 1.165) is 0 Å². The lowest BCUT2D eigenvalue weighted by molar-refractivity contribution is 0.101. The highest BCUT2D eigenvalue weighted by Crippen LogP contribution is 2.29. The van der Waals surface area contributed by atoms with E-state index in [2.05, 4.69) is 20.5 Å². The fourth-order valence-electron chi connectivity index (χ4n) is 1.46. The Labute approximate surface area is 108 Å². The Hall–Kier alpha value is -2.77. The lowest BCUT2D eigenvalue weighted by Gasteiger charge is -2.10. The molecule has 2 aromatic rings. The van der Waals surface area contributed by atoms with Gasteiger partial charge in [0.1, 0.15) is 11.5 Å². The number of anilines is 2. The molecule has 4 N–H and O–H groups in total. The predicted octanol–water partition coefficient (Wildman–Crippen LogP) is 0.656. The van der Waals surface area contributed by atoms with Gasteiger partial charge in [0.05, 0.1) is 19.9 Å². The number of H-pyrrole nitrogens is 1. The Morgan fingerprint density at radius 1 is 1.37 bits per heavy atom. The zero-order valence-corrected chi connectivity index (χ0v) is 10.4. The normalized spacial score (nSPS) is 10.0. The third-order valence-electron chi connectivity index (χ3n) is 2.37. The van der Waals surface area contributed by atoms with Crippen LogP contribution >= 0.6 is 0 Å². The Kier molecular flexibility index (Phi) is 3.51. The SMILES string of the molecule is COc1ccc(NC(=O)c2nc(N)n[nH]2)c(OC)c1. The standard InChI is InChI=1S/C11H13N5O3/c1-18-6-3-4-7(8(5-6)19-2)13-10(17)9-14-11(12)16-15-9/h3-5H,1-2H3,(H,13,17)(H3,12,14,15,16). The van der Waals surface area contributed by atoms with Crippen LogP contribution in [0, 0.1) is 0 Å². The predicted molar refractivity (Wildman–Crippen MR) is 68.3 cm³/mol. The molecule has 1 aromatic heterocycles. The topological polar surface area (TPSA) is 115 Å². The molecule has 0 aliphatic heterocycles. The van der Waals surface area contributed by atoms with Crippen molar-refractivity contribution < 1.29 is 14.3 Å². The number of amides is 1. The highest BCUT2D eigenvalue weighted by atomic mass is 16.5. The number of nitrogens with two attached hydrogens (primary N) is 1. The molecule has 0 fully saturated rings. The van der Waals surface area contributed by atoms with Crippen molar-refractivity contribution in [1.29, 1.82) is 0 Å². The first-order chi connectivity index (χ1) is 9.13. The molecular formula is C11H13N5O3. The number of benzene rings is 1. The molecule has 0 aliphatic carbocycles. The maximum absolute atomic E-state index is 11.9. The zero-order chi connectivity index (χ0) is 13.8. The number of methoxy groups -OCH3 is 2. The number of hydrogen-bond acceptors (Lipinski definition) is 6. The number of carbonyl (C=O) groups excluding carboxylic acids is 1. The summed E-state index contributed by atoms with van der Waals surface area (Å²) in [6.45, 7) is 0. The molecule has 1 heterocycles. The van der Waals surface area contributed by atoms with E-state index in [4.69, 9.17) is 15.2 Å². The van der Waals surface area contributed by atoms with Crippen LogP contribution in [0.2, 0.25) is 0 Å². The first kappa shape index (κ1) is 12.7. The third-order valence-corrected chi connectivity index (χ3v) is 2.37. The van der Waals surface area contributed by atoms with Crippen molar-refractivity contribution in [1.82, 2.24) is 15.2 Å². The number of hydrogen-bond donors (Lipinski definition) is 3. The van der Waals surface area contributed by atoms with Gasteiger partial charge in [0.25, 0.3) is 5.91 Å². The highest BCUT2D eigenvalue weighted by molar-refractivity contribution is 6.02. The van der Waals surface area contributed by atoms with Crippen molar-refractivity contribution in [2.45, 2.75) is 0 Å². The van der Waals surface area contributed by atoms with Gasteiger partial charge >= 0.3 is 0 Å². The van der Waals surface area contributed by atoms with E-state index in [1.807, 2.05) is 0 Å². The third kappa shape index (κ3) is 2.73. The minimum absolute atomic E-state index is 0.00634. The minimum atomic E-state index is -0.465. The number of nitrogens with zero attached hydrogens (tertiary/aromatic N) is 2. The van der Waals surface area contributed by atoms with E-state index < -0.39 is 5.91 Å². The van der Waals surface area contributed by atoms with Crippen molar-refractivity contribution >= 4 is 17.5 Å². The molecule has 0 bridgehead atoms. The van der Waals surface area contributed by atoms with Crippen LogP contribution in [-0.2, 0) is 0 Å². The largest absolute Gasteiger partial charge is 0.497 e. The summed E-state index contributed by atoms with van der Waals surface area (Å²) in [5.74, 6) is 0.661. The van der Waals surface area contributed by atoms with Crippen LogP contribution in [0.15, 0.2) is 18.2 Å². The zero-order valence-electron chi connectivity index (χ0n) is 10.4. The van der Waals surface area contributed by atoms with Gasteiger partial charge in [-0.25, -0.2) is 0 Å². The van der Waals surface area contributed by atoms with Crippen LogP contribution < -0.4 is 20.5 Å². The van der Waals surface area contributed by atoms with E-state index in [1.54, 1.807) is 25.3 Å². The number of ether oxygens (including phenoxy) is 2. The van der Waals surface area contributed by atoms with E-state index in [9.17, 15) is 4.79 Å². The number of nitrogen functional groups attached to an aromatic ring is 1. The molecule has 8 heteroatoms. The molecule has 0 radical (unpaired) electrons. The second-order valence-corrected chi connectivity index (χ2v) is 3.56. The molecule has 0 atom stereocenters. The molecule has 1 amide bonds. The van der Waals surface area contributed by atoms with Crippen molar-refractivity contribution in [3.63, 3.8) is 0 Å². The fraction of sp³-hybridized carbons (Fsp3) is 0.182. The molecule has 0 saturated heterocycles. The average Bonchev–Trinajstić information content (AvgIpc) is 2.86.